The number of hydrogen-bond donors (Lipinski definition) is 1. The Bertz CT molecular complexity index is 277. The van der Waals surface area contributed by atoms with Crippen LogP contribution in [0.15, 0.2) is 12.1 Å². The van der Waals surface area contributed by atoms with Crippen molar-refractivity contribution in [2.45, 2.75) is 0 Å². The zero-order chi connectivity index (χ0) is 8.43. The van der Waals surface area contributed by atoms with Crippen LogP contribution in [-0.4, -0.2) is 7.11 Å². The number of nitrogens with two attached hydrogens (primary N) is 1. The van der Waals surface area contributed by atoms with E-state index in [1.807, 2.05) is 0 Å². The van der Waals surface area contributed by atoms with Crippen molar-refractivity contribution >= 4 is 39.9 Å². The van der Waals surface area contributed by atoms with E-state index in [1.54, 1.807) is 19.2 Å². The molecule has 0 aliphatic carbocycles. The highest BCUT2D eigenvalue weighted by atomic mass is 127. The van der Waals surface area contributed by atoms with Crippen LogP contribution >= 0.6 is 34.2 Å². The Balaban J connectivity index is 3.21. The van der Waals surface area contributed by atoms with Gasteiger partial charge >= 0.3 is 0 Å². The topological polar surface area (TPSA) is 35.2 Å². The van der Waals surface area contributed by atoms with Crippen LogP contribution in [0.3, 0.4) is 0 Å². The van der Waals surface area contributed by atoms with Gasteiger partial charge in [0.2, 0.25) is 0 Å². The maximum atomic E-state index is 5.76. The first-order valence-electron chi connectivity index (χ1n) is 2.93. The van der Waals surface area contributed by atoms with Crippen LogP contribution in [0.2, 0.25) is 5.02 Å². The van der Waals surface area contributed by atoms with E-state index in [-0.39, 0.29) is 0 Å². The molecule has 1 aromatic carbocycles. The summed E-state index contributed by atoms with van der Waals surface area (Å²) < 4.78 is 6.00. The van der Waals surface area contributed by atoms with E-state index in [1.165, 1.54) is 0 Å². The molecule has 0 spiro atoms. The molecule has 0 unspecified atom stereocenters. The van der Waals surface area contributed by atoms with Gasteiger partial charge in [-0.1, -0.05) is 11.6 Å². The van der Waals surface area contributed by atoms with Crippen LogP contribution in [0, 0.1) is 3.57 Å². The van der Waals surface area contributed by atoms with Gasteiger partial charge in [0.05, 0.1) is 21.4 Å². The van der Waals surface area contributed by atoms with E-state index in [2.05, 4.69) is 22.6 Å². The molecule has 0 bridgehead atoms. The molecule has 0 atom stereocenters. The molecule has 4 heteroatoms. The van der Waals surface area contributed by atoms with Crippen molar-refractivity contribution in [2.24, 2.45) is 0 Å². The Morgan fingerprint density at radius 1 is 1.55 bits per heavy atom. The summed E-state index contributed by atoms with van der Waals surface area (Å²) in [5.41, 5.74) is 6.10. The number of rotatable bonds is 1. The summed E-state index contributed by atoms with van der Waals surface area (Å²) in [5.74, 6) is 0.757. The van der Waals surface area contributed by atoms with Crippen LogP contribution in [0.25, 0.3) is 0 Å². The Labute approximate surface area is 83.8 Å². The van der Waals surface area contributed by atoms with Crippen molar-refractivity contribution in [3.63, 3.8) is 0 Å². The van der Waals surface area contributed by atoms with Crippen LogP contribution in [0.4, 0.5) is 5.69 Å². The van der Waals surface area contributed by atoms with E-state index < -0.39 is 0 Å². The molecule has 0 heterocycles. The largest absolute Gasteiger partial charge is 0.496 e. The summed E-state index contributed by atoms with van der Waals surface area (Å²) in [4.78, 5) is 0. The average Bonchev–Trinajstić information content (AvgIpc) is 1.97. The fourth-order valence-electron chi connectivity index (χ4n) is 0.701. The van der Waals surface area contributed by atoms with Crippen LogP contribution in [0.1, 0.15) is 0 Å². The molecule has 0 amide bonds. The molecule has 0 saturated carbocycles. The van der Waals surface area contributed by atoms with Gasteiger partial charge in [0.1, 0.15) is 5.75 Å². The number of anilines is 1. The lowest BCUT2D eigenvalue weighted by molar-refractivity contribution is 0.412. The second-order valence-electron chi connectivity index (χ2n) is 2.01. The van der Waals surface area contributed by atoms with E-state index in [9.17, 15) is 0 Å². The molecule has 0 radical (unpaired) electrons. The highest BCUT2D eigenvalue weighted by Gasteiger charge is 2.03. The van der Waals surface area contributed by atoms with Gasteiger partial charge in [-0.15, -0.1) is 0 Å². The van der Waals surface area contributed by atoms with Crippen molar-refractivity contribution in [1.29, 1.82) is 0 Å². The van der Waals surface area contributed by atoms with Crippen LogP contribution in [0.5, 0.6) is 5.75 Å². The molecule has 0 aliphatic rings. The van der Waals surface area contributed by atoms with Gasteiger partial charge in [-0.3, -0.25) is 0 Å². The van der Waals surface area contributed by atoms with E-state index in [4.69, 9.17) is 22.1 Å². The molecule has 1 aromatic rings. The second-order valence-corrected chi connectivity index (χ2v) is 3.58. The van der Waals surface area contributed by atoms with Gasteiger partial charge in [0, 0.05) is 6.07 Å². The lowest BCUT2D eigenvalue weighted by atomic mass is 10.3. The highest BCUT2D eigenvalue weighted by Crippen LogP contribution is 2.29. The fraction of sp³-hybridized carbons (Fsp3) is 0.143. The smallest absolute Gasteiger partial charge is 0.134 e. The van der Waals surface area contributed by atoms with E-state index in [0.29, 0.717) is 10.7 Å². The van der Waals surface area contributed by atoms with Gasteiger partial charge in [-0.05, 0) is 28.7 Å². The fourth-order valence-corrected chi connectivity index (χ4v) is 1.74. The number of benzene rings is 1. The molecule has 1 rings (SSSR count). The summed E-state index contributed by atoms with van der Waals surface area (Å²) in [7, 11) is 1.60. The molecule has 0 aromatic heterocycles. The van der Waals surface area contributed by atoms with Gasteiger partial charge in [0.15, 0.2) is 0 Å². The number of halogens is 2. The normalized spacial score (nSPS) is 9.73. The van der Waals surface area contributed by atoms with Gasteiger partial charge in [0.25, 0.3) is 0 Å². The molecule has 0 fully saturated rings. The lowest BCUT2D eigenvalue weighted by Crippen LogP contribution is -1.91. The number of nitrogen functional groups attached to an aromatic ring is 1. The molecule has 60 valence electrons. The Morgan fingerprint density at radius 2 is 2.18 bits per heavy atom. The molecule has 0 saturated heterocycles. The monoisotopic (exact) mass is 283 g/mol. The van der Waals surface area contributed by atoms with E-state index in [0.717, 1.165) is 9.32 Å². The first kappa shape index (κ1) is 8.93. The Morgan fingerprint density at radius 3 is 2.73 bits per heavy atom. The maximum Gasteiger partial charge on any atom is 0.134 e. The third-order valence-electron chi connectivity index (χ3n) is 1.27. The molecule has 2 N–H and O–H groups in total. The van der Waals surface area contributed by atoms with Crippen molar-refractivity contribution in [3.05, 3.63) is 20.7 Å². The predicted molar refractivity (Wildman–Crippen MR) is 55.1 cm³/mol. The van der Waals surface area contributed by atoms with Crippen molar-refractivity contribution in [3.8, 4) is 5.75 Å². The Hall–Kier alpha value is -0.160. The summed E-state index contributed by atoms with van der Waals surface area (Å²) in [6.07, 6.45) is 0. The second kappa shape index (κ2) is 3.49. The number of methoxy groups -OCH3 is 1. The highest BCUT2D eigenvalue weighted by molar-refractivity contribution is 14.1. The summed E-state index contributed by atoms with van der Waals surface area (Å²) in [5, 5.41) is 0.565. The van der Waals surface area contributed by atoms with Gasteiger partial charge in [-0.25, -0.2) is 0 Å². The minimum Gasteiger partial charge on any atom is -0.496 e. The number of hydrogen-bond acceptors (Lipinski definition) is 2. The third-order valence-corrected chi connectivity index (χ3v) is 2.44. The average molecular weight is 283 g/mol. The summed E-state index contributed by atoms with van der Waals surface area (Å²) in [6.45, 7) is 0. The molecular weight excluding hydrogens is 276 g/mol. The van der Waals surface area contributed by atoms with E-state index >= 15 is 0 Å². The standard InChI is InChI=1S/C7H7ClINO/c1-11-7-3-6(10)4(8)2-5(7)9/h2-3H,10H2,1H3. The SMILES string of the molecule is COc1cc(N)c(Cl)cc1I. The van der Waals surface area contributed by atoms with Gasteiger partial charge in [-0.2, -0.15) is 0 Å². The quantitative estimate of drug-likeness (QED) is 0.635. The first-order chi connectivity index (χ1) is 5.15. The maximum absolute atomic E-state index is 5.76. The first-order valence-corrected chi connectivity index (χ1v) is 4.39. The third kappa shape index (κ3) is 1.90. The zero-order valence-electron chi connectivity index (χ0n) is 5.90. The molecule has 11 heavy (non-hydrogen) atoms. The molecule has 0 aliphatic heterocycles. The lowest BCUT2D eigenvalue weighted by Gasteiger charge is -2.04. The number of ether oxygens (including phenoxy) is 1. The summed E-state index contributed by atoms with van der Waals surface area (Å²) >= 11 is 7.90. The van der Waals surface area contributed by atoms with Crippen molar-refractivity contribution < 1.29 is 4.74 Å². The van der Waals surface area contributed by atoms with Gasteiger partial charge < -0.3 is 10.5 Å². The minimum atomic E-state index is 0.545. The predicted octanol–water partition coefficient (Wildman–Crippen LogP) is 2.54. The van der Waals surface area contributed by atoms with Crippen LogP contribution in [-0.2, 0) is 0 Å². The zero-order valence-corrected chi connectivity index (χ0v) is 8.81. The Kier molecular flexibility index (Phi) is 2.84. The van der Waals surface area contributed by atoms with Crippen molar-refractivity contribution in [1.82, 2.24) is 0 Å². The van der Waals surface area contributed by atoms with Crippen molar-refractivity contribution in [2.75, 3.05) is 12.8 Å². The van der Waals surface area contributed by atoms with Crippen LogP contribution < -0.4 is 10.5 Å². The minimum absolute atomic E-state index is 0.545. The molecule has 2 nitrogen and oxygen atoms in total. The summed E-state index contributed by atoms with van der Waals surface area (Å²) in [6, 6.07) is 3.49. The molecular formula is C7H7ClINO.